The van der Waals surface area contributed by atoms with Crippen LogP contribution in [0.15, 0.2) is 18.2 Å². The second-order valence-corrected chi connectivity index (χ2v) is 3.29. The lowest BCUT2D eigenvalue weighted by Crippen LogP contribution is -2.29. The van der Waals surface area contributed by atoms with Gasteiger partial charge < -0.3 is 15.2 Å². The van der Waals surface area contributed by atoms with Crippen LogP contribution in [0.3, 0.4) is 0 Å². The Bertz CT molecular complexity index is 350. The lowest BCUT2D eigenvalue weighted by molar-refractivity contribution is 0.195. The van der Waals surface area contributed by atoms with Gasteiger partial charge in [-0.1, -0.05) is 6.07 Å². The van der Waals surface area contributed by atoms with Gasteiger partial charge in [-0.05, 0) is 37.1 Å². The molecule has 4 nitrogen and oxygen atoms in total. The average Bonchev–Trinajstić information content (AvgIpc) is 2.20. The predicted octanol–water partition coefficient (Wildman–Crippen LogP) is 1.38. The Morgan fingerprint density at radius 2 is 2.13 bits per heavy atom. The van der Waals surface area contributed by atoms with Gasteiger partial charge in [0.1, 0.15) is 5.75 Å². The minimum absolute atomic E-state index is 0.0952. The molecule has 1 rings (SSSR count). The van der Waals surface area contributed by atoms with Gasteiger partial charge in [-0.15, -0.1) is 0 Å². The molecule has 1 amide bonds. The standard InChI is InChI=1S/C11H15NO3/c1-8-3-4-10(7-9(8)2)15-11(14)12-5-6-13/h3-4,7,13H,5-6H2,1-2H3,(H,12,14). The molecule has 0 aliphatic heterocycles. The molecule has 0 radical (unpaired) electrons. The van der Waals surface area contributed by atoms with E-state index in [1.165, 1.54) is 0 Å². The fourth-order valence-corrected chi connectivity index (χ4v) is 1.08. The third-order valence-electron chi connectivity index (χ3n) is 2.07. The van der Waals surface area contributed by atoms with Crippen LogP contribution in [0.4, 0.5) is 4.79 Å². The van der Waals surface area contributed by atoms with Crippen molar-refractivity contribution < 1.29 is 14.6 Å². The Kier molecular flexibility index (Phi) is 4.12. The van der Waals surface area contributed by atoms with Gasteiger partial charge in [0.2, 0.25) is 0 Å². The Hall–Kier alpha value is -1.55. The number of hydrogen-bond donors (Lipinski definition) is 2. The summed E-state index contributed by atoms with van der Waals surface area (Å²) >= 11 is 0. The third-order valence-corrected chi connectivity index (χ3v) is 2.07. The Labute approximate surface area is 88.9 Å². The molecular formula is C11H15NO3. The highest BCUT2D eigenvalue weighted by Gasteiger charge is 2.03. The van der Waals surface area contributed by atoms with E-state index in [0.29, 0.717) is 5.75 Å². The minimum atomic E-state index is -0.549. The summed E-state index contributed by atoms with van der Waals surface area (Å²) in [5.41, 5.74) is 2.22. The van der Waals surface area contributed by atoms with Crippen molar-refractivity contribution in [3.63, 3.8) is 0 Å². The van der Waals surface area contributed by atoms with Crippen LogP contribution in [0.1, 0.15) is 11.1 Å². The van der Waals surface area contributed by atoms with Gasteiger partial charge in [0.15, 0.2) is 0 Å². The molecule has 0 spiro atoms. The zero-order chi connectivity index (χ0) is 11.3. The van der Waals surface area contributed by atoms with Crippen LogP contribution in [0.5, 0.6) is 5.75 Å². The van der Waals surface area contributed by atoms with Crippen LogP contribution in [-0.2, 0) is 0 Å². The molecule has 0 bridgehead atoms. The maximum Gasteiger partial charge on any atom is 0.412 e. The highest BCUT2D eigenvalue weighted by molar-refractivity contribution is 5.70. The molecule has 1 aromatic carbocycles. The molecular weight excluding hydrogens is 194 g/mol. The molecule has 0 aliphatic carbocycles. The fourth-order valence-electron chi connectivity index (χ4n) is 1.08. The van der Waals surface area contributed by atoms with Gasteiger partial charge in [-0.2, -0.15) is 0 Å². The first-order valence-corrected chi connectivity index (χ1v) is 4.77. The fraction of sp³-hybridized carbons (Fsp3) is 0.364. The Balaban J connectivity index is 2.57. The predicted molar refractivity (Wildman–Crippen MR) is 57.0 cm³/mol. The van der Waals surface area contributed by atoms with E-state index >= 15 is 0 Å². The van der Waals surface area contributed by atoms with Crippen molar-refractivity contribution in [2.24, 2.45) is 0 Å². The summed E-state index contributed by atoms with van der Waals surface area (Å²) in [6.07, 6.45) is -0.549. The van der Waals surface area contributed by atoms with Gasteiger partial charge in [-0.3, -0.25) is 0 Å². The van der Waals surface area contributed by atoms with Gasteiger partial charge in [0.25, 0.3) is 0 Å². The van der Waals surface area contributed by atoms with E-state index in [2.05, 4.69) is 5.32 Å². The SMILES string of the molecule is Cc1ccc(OC(=O)NCCO)cc1C. The largest absolute Gasteiger partial charge is 0.412 e. The van der Waals surface area contributed by atoms with E-state index < -0.39 is 6.09 Å². The molecule has 0 atom stereocenters. The summed E-state index contributed by atoms with van der Waals surface area (Å²) < 4.78 is 4.99. The van der Waals surface area contributed by atoms with Crippen molar-refractivity contribution in [2.45, 2.75) is 13.8 Å². The molecule has 2 N–H and O–H groups in total. The van der Waals surface area contributed by atoms with E-state index in [1.54, 1.807) is 12.1 Å². The Morgan fingerprint density at radius 3 is 2.73 bits per heavy atom. The molecule has 0 saturated carbocycles. The van der Waals surface area contributed by atoms with E-state index in [-0.39, 0.29) is 13.2 Å². The molecule has 0 aromatic heterocycles. The van der Waals surface area contributed by atoms with Crippen molar-refractivity contribution >= 4 is 6.09 Å². The molecule has 0 fully saturated rings. The highest BCUT2D eigenvalue weighted by Crippen LogP contribution is 2.16. The number of benzene rings is 1. The number of aliphatic hydroxyl groups is 1. The number of hydrogen-bond acceptors (Lipinski definition) is 3. The lowest BCUT2D eigenvalue weighted by Gasteiger charge is -2.07. The topological polar surface area (TPSA) is 58.6 Å². The van der Waals surface area contributed by atoms with E-state index in [1.807, 2.05) is 19.9 Å². The summed E-state index contributed by atoms with van der Waals surface area (Å²) in [6.45, 7) is 4.05. The minimum Gasteiger partial charge on any atom is -0.410 e. The normalized spacial score (nSPS) is 9.80. The number of ether oxygens (including phenoxy) is 1. The Morgan fingerprint density at radius 1 is 1.40 bits per heavy atom. The number of nitrogens with one attached hydrogen (secondary N) is 1. The first kappa shape index (κ1) is 11.5. The van der Waals surface area contributed by atoms with Crippen molar-refractivity contribution in [1.29, 1.82) is 0 Å². The van der Waals surface area contributed by atoms with Crippen LogP contribution >= 0.6 is 0 Å². The second-order valence-electron chi connectivity index (χ2n) is 3.29. The van der Waals surface area contributed by atoms with Gasteiger partial charge in [0, 0.05) is 6.54 Å². The number of amides is 1. The van der Waals surface area contributed by atoms with Crippen LogP contribution < -0.4 is 10.1 Å². The summed E-state index contributed by atoms with van der Waals surface area (Å²) in [4.78, 5) is 11.1. The molecule has 0 aliphatic rings. The maximum absolute atomic E-state index is 11.1. The van der Waals surface area contributed by atoms with Gasteiger partial charge >= 0.3 is 6.09 Å². The van der Waals surface area contributed by atoms with E-state index in [4.69, 9.17) is 9.84 Å². The summed E-state index contributed by atoms with van der Waals surface area (Å²) in [5, 5.41) is 10.9. The second kappa shape index (κ2) is 5.36. The van der Waals surface area contributed by atoms with Crippen molar-refractivity contribution in [3.05, 3.63) is 29.3 Å². The van der Waals surface area contributed by atoms with Crippen molar-refractivity contribution in [2.75, 3.05) is 13.2 Å². The van der Waals surface area contributed by atoms with Crippen LogP contribution in [0.2, 0.25) is 0 Å². The molecule has 0 heterocycles. The molecule has 0 unspecified atom stereocenters. The number of carbonyl (C=O) groups is 1. The van der Waals surface area contributed by atoms with Crippen LogP contribution in [0.25, 0.3) is 0 Å². The van der Waals surface area contributed by atoms with E-state index in [9.17, 15) is 4.79 Å². The third kappa shape index (κ3) is 3.59. The van der Waals surface area contributed by atoms with Gasteiger partial charge in [-0.25, -0.2) is 4.79 Å². The molecule has 82 valence electrons. The smallest absolute Gasteiger partial charge is 0.410 e. The zero-order valence-corrected chi connectivity index (χ0v) is 8.91. The molecule has 1 aromatic rings. The average molecular weight is 209 g/mol. The van der Waals surface area contributed by atoms with Crippen LogP contribution in [-0.4, -0.2) is 24.4 Å². The summed E-state index contributed by atoms with van der Waals surface area (Å²) in [7, 11) is 0. The molecule has 4 heteroatoms. The van der Waals surface area contributed by atoms with Crippen molar-refractivity contribution in [3.8, 4) is 5.75 Å². The van der Waals surface area contributed by atoms with Crippen molar-refractivity contribution in [1.82, 2.24) is 5.32 Å². The molecule has 15 heavy (non-hydrogen) atoms. The lowest BCUT2D eigenvalue weighted by atomic mass is 10.1. The number of aryl methyl sites for hydroxylation is 2. The number of aliphatic hydroxyl groups excluding tert-OH is 1. The summed E-state index contributed by atoms with van der Waals surface area (Å²) in [6, 6.07) is 5.43. The highest BCUT2D eigenvalue weighted by atomic mass is 16.6. The summed E-state index contributed by atoms with van der Waals surface area (Å²) in [5.74, 6) is 0.508. The quantitative estimate of drug-likeness (QED) is 0.790. The molecule has 0 saturated heterocycles. The number of carbonyl (C=O) groups excluding carboxylic acids is 1. The van der Waals surface area contributed by atoms with Gasteiger partial charge in [0.05, 0.1) is 6.61 Å². The number of rotatable bonds is 3. The van der Waals surface area contributed by atoms with Crippen LogP contribution in [0, 0.1) is 13.8 Å². The maximum atomic E-state index is 11.1. The monoisotopic (exact) mass is 209 g/mol. The first-order valence-electron chi connectivity index (χ1n) is 4.77. The zero-order valence-electron chi connectivity index (χ0n) is 8.91. The first-order chi connectivity index (χ1) is 7.13. The van der Waals surface area contributed by atoms with E-state index in [0.717, 1.165) is 11.1 Å².